The van der Waals surface area contributed by atoms with Crippen molar-refractivity contribution in [3.63, 3.8) is 0 Å². The standard InChI is InChI=1S/C25H32N4O3.HI/c1-4-13-32-24-16-20(9-10-23(24)30-3)17-27-25(26-2)28-18-21-7-5-6-8-22(21)19-29-11-14-31-15-12-29;/h1,5-10,16H,11-15,17-19H2,2-3H3,(H2,26,27,28);1H. The molecule has 1 heterocycles. The van der Waals surface area contributed by atoms with Crippen molar-refractivity contribution in [2.45, 2.75) is 19.6 Å². The van der Waals surface area contributed by atoms with Crippen LogP contribution >= 0.6 is 24.0 Å². The van der Waals surface area contributed by atoms with Gasteiger partial charge < -0.3 is 24.8 Å². The Balaban J connectivity index is 0.00000385. The number of benzene rings is 2. The zero-order valence-corrected chi connectivity index (χ0v) is 21.6. The molecular weight excluding hydrogens is 531 g/mol. The Bertz CT molecular complexity index is 939. The maximum Gasteiger partial charge on any atom is 0.191 e. The minimum Gasteiger partial charge on any atom is -0.493 e. The highest BCUT2D eigenvalue weighted by Crippen LogP contribution is 2.28. The zero-order valence-electron chi connectivity index (χ0n) is 19.3. The van der Waals surface area contributed by atoms with Gasteiger partial charge in [-0.1, -0.05) is 36.3 Å². The van der Waals surface area contributed by atoms with E-state index in [-0.39, 0.29) is 30.6 Å². The molecule has 0 bridgehead atoms. The van der Waals surface area contributed by atoms with Crippen LogP contribution in [0.2, 0.25) is 0 Å². The van der Waals surface area contributed by atoms with Gasteiger partial charge >= 0.3 is 0 Å². The number of nitrogens with zero attached hydrogens (tertiary/aromatic N) is 2. The molecule has 0 radical (unpaired) electrons. The van der Waals surface area contributed by atoms with Crippen LogP contribution in [-0.2, 0) is 24.4 Å². The fraction of sp³-hybridized carbons (Fsp3) is 0.400. The highest BCUT2D eigenvalue weighted by molar-refractivity contribution is 14.0. The van der Waals surface area contributed by atoms with Crippen LogP contribution in [0.5, 0.6) is 11.5 Å². The van der Waals surface area contributed by atoms with E-state index in [9.17, 15) is 0 Å². The van der Waals surface area contributed by atoms with Crippen LogP contribution in [0.25, 0.3) is 0 Å². The molecule has 178 valence electrons. The van der Waals surface area contributed by atoms with Gasteiger partial charge in [-0.25, -0.2) is 0 Å². The Morgan fingerprint density at radius 3 is 2.52 bits per heavy atom. The van der Waals surface area contributed by atoms with Crippen molar-refractivity contribution in [1.29, 1.82) is 0 Å². The van der Waals surface area contributed by atoms with E-state index in [1.54, 1.807) is 14.2 Å². The quantitative estimate of drug-likeness (QED) is 0.211. The topological polar surface area (TPSA) is 67.4 Å². The monoisotopic (exact) mass is 564 g/mol. The number of halogens is 1. The molecule has 0 spiro atoms. The average molecular weight is 564 g/mol. The number of terminal acetylenes is 1. The molecule has 1 aliphatic heterocycles. The van der Waals surface area contributed by atoms with E-state index in [0.29, 0.717) is 24.6 Å². The Kier molecular flexibility index (Phi) is 11.9. The van der Waals surface area contributed by atoms with Gasteiger partial charge in [-0.15, -0.1) is 30.4 Å². The number of hydrogen-bond donors (Lipinski definition) is 2. The first kappa shape index (κ1) is 26.8. The average Bonchev–Trinajstić information content (AvgIpc) is 2.84. The van der Waals surface area contributed by atoms with E-state index in [2.05, 4.69) is 50.7 Å². The lowest BCUT2D eigenvalue weighted by Crippen LogP contribution is -2.37. The van der Waals surface area contributed by atoms with Gasteiger partial charge in [0.15, 0.2) is 17.5 Å². The molecule has 3 rings (SSSR count). The van der Waals surface area contributed by atoms with E-state index in [0.717, 1.165) is 44.4 Å². The van der Waals surface area contributed by atoms with Gasteiger partial charge in [-0.05, 0) is 28.8 Å². The molecular formula is C25H33IN4O3. The summed E-state index contributed by atoms with van der Waals surface area (Å²) in [7, 11) is 3.38. The molecule has 0 saturated carbocycles. The lowest BCUT2D eigenvalue weighted by atomic mass is 10.1. The van der Waals surface area contributed by atoms with Crippen LogP contribution in [0.3, 0.4) is 0 Å². The van der Waals surface area contributed by atoms with Crippen molar-refractivity contribution < 1.29 is 14.2 Å². The molecule has 1 fully saturated rings. The summed E-state index contributed by atoms with van der Waals surface area (Å²) in [6.45, 7) is 5.96. The van der Waals surface area contributed by atoms with E-state index in [1.807, 2.05) is 18.2 Å². The lowest BCUT2D eigenvalue weighted by molar-refractivity contribution is 0.0341. The fourth-order valence-electron chi connectivity index (χ4n) is 3.53. The van der Waals surface area contributed by atoms with Gasteiger partial charge in [0.25, 0.3) is 0 Å². The number of rotatable bonds is 9. The normalized spacial score (nSPS) is 14.0. The third-order valence-corrected chi connectivity index (χ3v) is 5.28. The van der Waals surface area contributed by atoms with Crippen LogP contribution in [0.15, 0.2) is 47.5 Å². The number of ether oxygens (including phenoxy) is 3. The van der Waals surface area contributed by atoms with Crippen molar-refractivity contribution in [2.75, 3.05) is 47.1 Å². The fourth-order valence-corrected chi connectivity index (χ4v) is 3.53. The predicted octanol–water partition coefficient (Wildman–Crippen LogP) is 3.02. The van der Waals surface area contributed by atoms with Crippen molar-refractivity contribution in [2.24, 2.45) is 4.99 Å². The first-order valence-electron chi connectivity index (χ1n) is 10.8. The second-order valence-electron chi connectivity index (χ2n) is 7.41. The summed E-state index contributed by atoms with van der Waals surface area (Å²) in [5.74, 6) is 4.49. The van der Waals surface area contributed by atoms with Gasteiger partial charge in [-0.3, -0.25) is 9.89 Å². The van der Waals surface area contributed by atoms with E-state index < -0.39 is 0 Å². The number of methoxy groups -OCH3 is 1. The SMILES string of the molecule is C#CCOc1cc(CNC(=NC)NCc2ccccc2CN2CCOCC2)ccc1OC.I. The molecule has 7 nitrogen and oxygen atoms in total. The molecule has 1 saturated heterocycles. The van der Waals surface area contributed by atoms with Gasteiger partial charge in [0.05, 0.1) is 20.3 Å². The third kappa shape index (κ3) is 8.42. The zero-order chi connectivity index (χ0) is 22.6. The van der Waals surface area contributed by atoms with Gasteiger partial charge in [-0.2, -0.15) is 0 Å². The number of morpholine rings is 1. The Hall–Kier alpha value is -2.48. The molecule has 0 aromatic heterocycles. The predicted molar refractivity (Wildman–Crippen MR) is 142 cm³/mol. The van der Waals surface area contributed by atoms with Gasteiger partial charge in [0.1, 0.15) is 6.61 Å². The van der Waals surface area contributed by atoms with E-state index >= 15 is 0 Å². The molecule has 2 N–H and O–H groups in total. The van der Waals surface area contributed by atoms with Crippen LogP contribution < -0.4 is 20.1 Å². The molecule has 0 unspecified atom stereocenters. The van der Waals surface area contributed by atoms with Crippen molar-refractivity contribution in [3.8, 4) is 23.8 Å². The lowest BCUT2D eigenvalue weighted by Gasteiger charge is -2.27. The first-order valence-corrected chi connectivity index (χ1v) is 10.8. The number of nitrogens with one attached hydrogen (secondary N) is 2. The number of guanidine groups is 1. The second kappa shape index (κ2) is 14.6. The first-order chi connectivity index (χ1) is 15.7. The molecule has 2 aromatic rings. The molecule has 2 aromatic carbocycles. The Labute approximate surface area is 213 Å². The second-order valence-corrected chi connectivity index (χ2v) is 7.41. The highest BCUT2D eigenvalue weighted by atomic mass is 127. The maximum absolute atomic E-state index is 5.59. The summed E-state index contributed by atoms with van der Waals surface area (Å²) < 4.78 is 16.4. The van der Waals surface area contributed by atoms with Crippen LogP contribution in [-0.4, -0.2) is 57.9 Å². The Morgan fingerprint density at radius 1 is 1.09 bits per heavy atom. The van der Waals surface area contributed by atoms with Crippen molar-refractivity contribution in [3.05, 3.63) is 59.2 Å². The van der Waals surface area contributed by atoms with Crippen LogP contribution in [0.4, 0.5) is 0 Å². The summed E-state index contributed by atoms with van der Waals surface area (Å²) in [6, 6.07) is 14.3. The largest absolute Gasteiger partial charge is 0.493 e. The minimum absolute atomic E-state index is 0. The third-order valence-electron chi connectivity index (χ3n) is 5.28. The maximum atomic E-state index is 5.59. The highest BCUT2D eigenvalue weighted by Gasteiger charge is 2.13. The summed E-state index contributed by atoms with van der Waals surface area (Å²) in [4.78, 5) is 6.78. The minimum atomic E-state index is 0. The molecule has 8 heteroatoms. The molecule has 1 aliphatic rings. The molecule has 0 amide bonds. The smallest absolute Gasteiger partial charge is 0.191 e. The van der Waals surface area contributed by atoms with Gasteiger partial charge in [0.2, 0.25) is 0 Å². The van der Waals surface area contributed by atoms with Crippen LogP contribution in [0, 0.1) is 12.3 Å². The van der Waals surface area contributed by atoms with Crippen molar-refractivity contribution >= 4 is 29.9 Å². The Morgan fingerprint density at radius 2 is 1.82 bits per heavy atom. The molecule has 0 atom stereocenters. The summed E-state index contributed by atoms with van der Waals surface area (Å²) >= 11 is 0. The summed E-state index contributed by atoms with van der Waals surface area (Å²) in [5.41, 5.74) is 3.62. The number of aliphatic imine (C=N–C) groups is 1. The van der Waals surface area contributed by atoms with E-state index in [4.69, 9.17) is 20.6 Å². The number of hydrogen-bond acceptors (Lipinski definition) is 5. The van der Waals surface area contributed by atoms with E-state index in [1.165, 1.54) is 11.1 Å². The van der Waals surface area contributed by atoms with Crippen molar-refractivity contribution in [1.82, 2.24) is 15.5 Å². The molecule has 0 aliphatic carbocycles. The molecule has 33 heavy (non-hydrogen) atoms. The summed E-state index contributed by atoms with van der Waals surface area (Å²) in [6.07, 6.45) is 5.31. The van der Waals surface area contributed by atoms with Gasteiger partial charge in [0, 0.05) is 39.8 Å². The summed E-state index contributed by atoms with van der Waals surface area (Å²) in [5, 5.41) is 6.77. The van der Waals surface area contributed by atoms with Crippen LogP contribution in [0.1, 0.15) is 16.7 Å².